The van der Waals surface area contributed by atoms with Gasteiger partial charge in [-0.1, -0.05) is 48.5 Å². The molecule has 0 bridgehead atoms. The molecule has 0 unspecified atom stereocenters. The number of benzene rings is 3. The molecule has 3 aromatic carbocycles. The zero-order chi connectivity index (χ0) is 16.2. The van der Waals surface area contributed by atoms with Gasteiger partial charge in [0, 0.05) is 11.3 Å². The number of carbonyl (C=O) groups is 2. The first-order chi connectivity index (χ1) is 11.1. The Bertz CT molecular complexity index is 882. The first-order valence-corrected chi connectivity index (χ1v) is 7.30. The van der Waals surface area contributed by atoms with Crippen molar-refractivity contribution in [3.63, 3.8) is 0 Å². The van der Waals surface area contributed by atoms with Gasteiger partial charge in [0.25, 0.3) is 0 Å². The van der Waals surface area contributed by atoms with Gasteiger partial charge in [0.2, 0.25) is 11.8 Å². The lowest BCUT2D eigenvalue weighted by Gasteiger charge is -2.08. The minimum Gasteiger partial charge on any atom is -0.366 e. The van der Waals surface area contributed by atoms with Gasteiger partial charge in [-0.2, -0.15) is 0 Å². The van der Waals surface area contributed by atoms with E-state index in [-0.39, 0.29) is 12.3 Å². The van der Waals surface area contributed by atoms with Crippen LogP contribution in [-0.4, -0.2) is 11.8 Å². The van der Waals surface area contributed by atoms with Gasteiger partial charge >= 0.3 is 0 Å². The summed E-state index contributed by atoms with van der Waals surface area (Å²) in [5.74, 6) is -0.655. The fourth-order valence-electron chi connectivity index (χ4n) is 2.58. The zero-order valence-corrected chi connectivity index (χ0v) is 12.5. The lowest BCUT2D eigenvalue weighted by molar-refractivity contribution is -0.115. The van der Waals surface area contributed by atoms with Gasteiger partial charge in [-0.05, 0) is 34.5 Å². The largest absolute Gasteiger partial charge is 0.366 e. The first kappa shape index (κ1) is 14.8. The maximum atomic E-state index is 12.3. The molecule has 0 aliphatic heterocycles. The Labute approximate surface area is 133 Å². The molecule has 3 rings (SSSR count). The summed E-state index contributed by atoms with van der Waals surface area (Å²) in [7, 11) is 0. The summed E-state index contributed by atoms with van der Waals surface area (Å²) in [5, 5.41) is 4.97. The Morgan fingerprint density at radius 3 is 2.48 bits per heavy atom. The average Bonchev–Trinajstić information content (AvgIpc) is 2.55. The Balaban J connectivity index is 1.79. The quantitative estimate of drug-likeness (QED) is 0.777. The molecule has 23 heavy (non-hydrogen) atoms. The van der Waals surface area contributed by atoms with Crippen LogP contribution in [0.15, 0.2) is 66.7 Å². The van der Waals surface area contributed by atoms with Gasteiger partial charge in [0.1, 0.15) is 0 Å². The minimum absolute atomic E-state index is 0.136. The number of carbonyl (C=O) groups excluding carboxylic acids is 2. The van der Waals surface area contributed by atoms with Crippen LogP contribution in [0.1, 0.15) is 15.9 Å². The molecule has 2 amide bonds. The number of rotatable bonds is 4. The van der Waals surface area contributed by atoms with Crippen molar-refractivity contribution in [1.82, 2.24) is 0 Å². The standard InChI is InChI=1S/C19H16N2O2/c20-19(23)15-8-4-9-16(11-15)21-18(22)12-14-7-3-6-13-5-1-2-10-17(13)14/h1-11H,12H2,(H2,20,23)(H,21,22). The van der Waals surface area contributed by atoms with Crippen LogP contribution < -0.4 is 11.1 Å². The molecule has 0 spiro atoms. The van der Waals surface area contributed by atoms with Crippen LogP contribution in [0.5, 0.6) is 0 Å². The molecular formula is C19H16N2O2. The van der Waals surface area contributed by atoms with Crippen molar-refractivity contribution < 1.29 is 9.59 Å². The van der Waals surface area contributed by atoms with Crippen molar-refractivity contribution in [1.29, 1.82) is 0 Å². The van der Waals surface area contributed by atoms with Gasteiger partial charge < -0.3 is 11.1 Å². The minimum atomic E-state index is -0.518. The summed E-state index contributed by atoms with van der Waals surface area (Å²) in [4.78, 5) is 23.5. The van der Waals surface area contributed by atoms with Crippen molar-refractivity contribution in [3.8, 4) is 0 Å². The summed E-state index contributed by atoms with van der Waals surface area (Å²) in [6.45, 7) is 0. The van der Waals surface area contributed by atoms with Crippen molar-refractivity contribution in [3.05, 3.63) is 77.9 Å². The van der Waals surface area contributed by atoms with Crippen LogP contribution in [-0.2, 0) is 11.2 Å². The fourth-order valence-corrected chi connectivity index (χ4v) is 2.58. The van der Waals surface area contributed by atoms with E-state index in [2.05, 4.69) is 5.32 Å². The van der Waals surface area contributed by atoms with E-state index in [1.54, 1.807) is 24.3 Å². The highest BCUT2D eigenvalue weighted by molar-refractivity contribution is 5.98. The molecule has 4 nitrogen and oxygen atoms in total. The molecule has 0 saturated heterocycles. The van der Waals surface area contributed by atoms with Crippen LogP contribution in [0.3, 0.4) is 0 Å². The van der Waals surface area contributed by atoms with Crippen molar-refractivity contribution >= 4 is 28.3 Å². The van der Waals surface area contributed by atoms with Crippen LogP contribution in [0.25, 0.3) is 10.8 Å². The second kappa shape index (κ2) is 6.32. The fraction of sp³-hybridized carbons (Fsp3) is 0.0526. The third-order valence-corrected chi connectivity index (χ3v) is 3.66. The smallest absolute Gasteiger partial charge is 0.248 e. The highest BCUT2D eigenvalue weighted by Crippen LogP contribution is 2.19. The molecule has 3 aromatic rings. The van der Waals surface area contributed by atoms with Gasteiger partial charge in [-0.25, -0.2) is 0 Å². The number of fused-ring (bicyclic) bond motifs is 1. The number of hydrogen-bond donors (Lipinski definition) is 2. The van der Waals surface area contributed by atoms with E-state index in [0.29, 0.717) is 11.3 Å². The number of amides is 2. The maximum Gasteiger partial charge on any atom is 0.248 e. The van der Waals surface area contributed by atoms with Crippen LogP contribution in [0, 0.1) is 0 Å². The Kier molecular flexibility index (Phi) is 4.06. The molecular weight excluding hydrogens is 288 g/mol. The molecule has 0 heterocycles. The van der Waals surface area contributed by atoms with E-state index in [1.807, 2.05) is 42.5 Å². The van der Waals surface area contributed by atoms with Gasteiger partial charge in [0.15, 0.2) is 0 Å². The van der Waals surface area contributed by atoms with Crippen LogP contribution in [0.2, 0.25) is 0 Å². The molecule has 0 aromatic heterocycles. The van der Waals surface area contributed by atoms with E-state index in [9.17, 15) is 9.59 Å². The third-order valence-electron chi connectivity index (χ3n) is 3.66. The monoisotopic (exact) mass is 304 g/mol. The van der Waals surface area contributed by atoms with Gasteiger partial charge in [0.05, 0.1) is 6.42 Å². The molecule has 0 fully saturated rings. The van der Waals surface area contributed by atoms with E-state index < -0.39 is 5.91 Å². The van der Waals surface area contributed by atoms with Crippen molar-refractivity contribution in [2.45, 2.75) is 6.42 Å². The molecule has 0 aliphatic carbocycles. The predicted octanol–water partition coefficient (Wildman–Crippen LogP) is 3.12. The first-order valence-electron chi connectivity index (χ1n) is 7.30. The number of nitrogens with two attached hydrogens (primary N) is 1. The summed E-state index contributed by atoms with van der Waals surface area (Å²) in [6, 6.07) is 20.5. The average molecular weight is 304 g/mol. The summed E-state index contributed by atoms with van der Waals surface area (Å²) < 4.78 is 0. The van der Waals surface area contributed by atoms with Gasteiger partial charge in [-0.15, -0.1) is 0 Å². The van der Waals surface area contributed by atoms with E-state index in [4.69, 9.17) is 5.73 Å². The molecule has 0 aliphatic rings. The van der Waals surface area contributed by atoms with E-state index in [1.165, 1.54) is 0 Å². The topological polar surface area (TPSA) is 72.2 Å². The predicted molar refractivity (Wildman–Crippen MR) is 91.2 cm³/mol. The Hall–Kier alpha value is -3.14. The normalized spacial score (nSPS) is 10.4. The Morgan fingerprint density at radius 2 is 1.65 bits per heavy atom. The highest BCUT2D eigenvalue weighted by Gasteiger charge is 2.08. The summed E-state index contributed by atoms with van der Waals surface area (Å²) in [6.07, 6.45) is 0.266. The highest BCUT2D eigenvalue weighted by atomic mass is 16.2. The second-order valence-electron chi connectivity index (χ2n) is 5.31. The SMILES string of the molecule is NC(=O)c1cccc(NC(=O)Cc2cccc3ccccc23)c1. The molecule has 4 heteroatoms. The lowest BCUT2D eigenvalue weighted by Crippen LogP contribution is -2.16. The summed E-state index contributed by atoms with van der Waals surface area (Å²) >= 11 is 0. The lowest BCUT2D eigenvalue weighted by atomic mass is 10.0. The van der Waals surface area contributed by atoms with E-state index >= 15 is 0 Å². The second-order valence-corrected chi connectivity index (χ2v) is 5.31. The van der Waals surface area contributed by atoms with Crippen LogP contribution >= 0.6 is 0 Å². The van der Waals surface area contributed by atoms with Crippen molar-refractivity contribution in [2.24, 2.45) is 5.73 Å². The number of nitrogens with one attached hydrogen (secondary N) is 1. The number of hydrogen-bond acceptors (Lipinski definition) is 2. The molecule has 0 atom stereocenters. The molecule has 0 saturated carbocycles. The third kappa shape index (κ3) is 3.37. The zero-order valence-electron chi connectivity index (χ0n) is 12.5. The molecule has 114 valence electrons. The van der Waals surface area contributed by atoms with Gasteiger partial charge in [-0.3, -0.25) is 9.59 Å². The van der Waals surface area contributed by atoms with Crippen LogP contribution in [0.4, 0.5) is 5.69 Å². The Morgan fingerprint density at radius 1 is 0.913 bits per heavy atom. The number of primary amides is 1. The molecule has 3 N–H and O–H groups in total. The number of anilines is 1. The van der Waals surface area contributed by atoms with Crippen molar-refractivity contribution in [2.75, 3.05) is 5.32 Å². The maximum absolute atomic E-state index is 12.3. The molecule has 0 radical (unpaired) electrons. The summed E-state index contributed by atoms with van der Waals surface area (Å²) in [5.41, 5.74) is 7.14. The van der Waals surface area contributed by atoms with E-state index in [0.717, 1.165) is 16.3 Å².